The summed E-state index contributed by atoms with van der Waals surface area (Å²) in [4.78, 5) is 52.2. The van der Waals surface area contributed by atoms with Crippen molar-refractivity contribution >= 4 is 23.7 Å². The molecular formula is C32H42O12. The number of esters is 3. The minimum absolute atomic E-state index is 0.233. The molecule has 44 heavy (non-hydrogen) atoms. The van der Waals surface area contributed by atoms with Gasteiger partial charge in [0.15, 0.2) is 11.4 Å². The molecule has 7 aliphatic rings. The molecule has 12 nitrogen and oxygen atoms in total. The molecule has 4 N–H and O–H groups in total. The van der Waals surface area contributed by atoms with Crippen molar-refractivity contribution in [1.29, 1.82) is 0 Å². The molecule has 0 aromatic heterocycles. The number of hydrogen-bond acceptors (Lipinski definition) is 12. The number of allylic oxidation sites excluding steroid dienone is 1. The standard InChI is InChI=1S/C32H42O12/c1-10-8-15-31(6,32(7,40)28(39)44-15)20-17(10)30(5)18(23(20)37)16-19(25(26(30)38)41-11(2)33)29(4)13(21(35)22(16)36)9-14-24(43-14)27(29)42-12(3)34/h8,10,13-14,16-20,22-27,36-38,40H,9H2,1-7H3/t10-,13-,14+,16+,17+,18-,19-,20+,22-,23-,24+,25+,26+,27+,29+,30-,31+,32-/m1/s1. The monoisotopic (exact) mass is 618 g/mol. The van der Waals surface area contributed by atoms with Crippen molar-refractivity contribution in [2.75, 3.05) is 0 Å². The zero-order valence-corrected chi connectivity index (χ0v) is 25.9. The van der Waals surface area contributed by atoms with Crippen LogP contribution >= 0.6 is 0 Å². The van der Waals surface area contributed by atoms with Crippen LogP contribution in [0.4, 0.5) is 0 Å². The second kappa shape index (κ2) is 8.90. The summed E-state index contributed by atoms with van der Waals surface area (Å²) in [6.07, 6.45) is -5.37. The van der Waals surface area contributed by atoms with Crippen LogP contribution in [-0.4, -0.2) is 92.4 Å². The van der Waals surface area contributed by atoms with E-state index >= 15 is 0 Å². The zero-order valence-electron chi connectivity index (χ0n) is 25.9. The van der Waals surface area contributed by atoms with Gasteiger partial charge in [0.05, 0.1) is 23.7 Å². The van der Waals surface area contributed by atoms with E-state index in [1.54, 1.807) is 26.8 Å². The van der Waals surface area contributed by atoms with E-state index < -0.39 is 118 Å². The highest BCUT2D eigenvalue weighted by molar-refractivity contribution is 5.88. The second-order valence-corrected chi connectivity index (χ2v) is 15.3. The van der Waals surface area contributed by atoms with E-state index in [9.17, 15) is 39.6 Å². The molecule has 5 aliphatic carbocycles. The fourth-order valence-electron chi connectivity index (χ4n) is 11.6. The van der Waals surface area contributed by atoms with Crippen molar-refractivity contribution in [3.63, 3.8) is 0 Å². The van der Waals surface area contributed by atoms with Crippen LogP contribution in [0.3, 0.4) is 0 Å². The highest BCUT2D eigenvalue weighted by Gasteiger charge is 2.82. The van der Waals surface area contributed by atoms with E-state index in [2.05, 4.69) is 0 Å². The second-order valence-electron chi connectivity index (χ2n) is 15.3. The van der Waals surface area contributed by atoms with Crippen LogP contribution < -0.4 is 0 Å². The summed E-state index contributed by atoms with van der Waals surface area (Å²) in [5.41, 5.74) is -5.93. The molecule has 0 aromatic carbocycles. The molecule has 0 radical (unpaired) electrons. The first-order valence-corrected chi connectivity index (χ1v) is 15.6. The summed E-state index contributed by atoms with van der Waals surface area (Å²) in [6, 6.07) is 0. The Labute approximate surface area is 255 Å². The number of ether oxygens (including phenoxy) is 4. The molecule has 0 spiro atoms. The molecule has 0 bridgehead atoms. The highest BCUT2D eigenvalue weighted by atomic mass is 16.6. The van der Waals surface area contributed by atoms with E-state index in [4.69, 9.17) is 18.9 Å². The normalized spacial score (nSPS) is 58.2. The van der Waals surface area contributed by atoms with Gasteiger partial charge in [-0.1, -0.05) is 20.8 Å². The minimum atomic E-state index is -2.02. The third-order valence-electron chi connectivity index (χ3n) is 13.5. The lowest BCUT2D eigenvalue weighted by Gasteiger charge is -2.65. The van der Waals surface area contributed by atoms with Crippen molar-refractivity contribution in [1.82, 2.24) is 0 Å². The maximum Gasteiger partial charge on any atom is 0.343 e. The van der Waals surface area contributed by atoms with Crippen molar-refractivity contribution in [2.24, 2.45) is 57.7 Å². The molecule has 7 rings (SSSR count). The van der Waals surface area contributed by atoms with Crippen molar-refractivity contribution in [3.05, 3.63) is 11.8 Å². The van der Waals surface area contributed by atoms with Crippen LogP contribution in [-0.2, 0) is 38.1 Å². The van der Waals surface area contributed by atoms with Crippen LogP contribution in [0.1, 0.15) is 54.9 Å². The summed E-state index contributed by atoms with van der Waals surface area (Å²) >= 11 is 0. The van der Waals surface area contributed by atoms with Gasteiger partial charge in [-0.25, -0.2) is 4.79 Å². The first-order valence-electron chi connectivity index (χ1n) is 15.6. The van der Waals surface area contributed by atoms with Gasteiger partial charge in [-0.2, -0.15) is 0 Å². The smallest absolute Gasteiger partial charge is 0.343 e. The Hall–Kier alpha value is -2.38. The van der Waals surface area contributed by atoms with E-state index in [1.807, 2.05) is 6.92 Å². The Morgan fingerprint density at radius 2 is 1.57 bits per heavy atom. The van der Waals surface area contributed by atoms with Gasteiger partial charge in [-0.05, 0) is 44.1 Å². The van der Waals surface area contributed by atoms with E-state index in [-0.39, 0.29) is 24.2 Å². The Balaban J connectivity index is 1.45. The molecule has 6 fully saturated rings. The molecule has 18 atom stereocenters. The molecule has 242 valence electrons. The fourth-order valence-corrected chi connectivity index (χ4v) is 11.6. The molecule has 0 amide bonds. The number of Topliss-reactive ketones (excluding diaryl/α,β-unsaturated/α-hetero) is 1. The van der Waals surface area contributed by atoms with Gasteiger partial charge < -0.3 is 39.4 Å². The molecule has 12 heteroatoms. The number of carbonyl (C=O) groups is 4. The van der Waals surface area contributed by atoms with Crippen molar-refractivity contribution < 1.29 is 58.6 Å². The molecule has 0 unspecified atom stereocenters. The first-order chi connectivity index (χ1) is 20.4. The van der Waals surface area contributed by atoms with Gasteiger partial charge in [-0.3, -0.25) is 14.4 Å². The van der Waals surface area contributed by atoms with Crippen LogP contribution in [0, 0.1) is 57.7 Å². The van der Waals surface area contributed by atoms with E-state index in [1.165, 1.54) is 20.8 Å². The van der Waals surface area contributed by atoms with Crippen molar-refractivity contribution in [3.8, 4) is 0 Å². The molecule has 2 saturated heterocycles. The number of epoxide rings is 1. The highest BCUT2D eigenvalue weighted by Crippen LogP contribution is 2.75. The average molecular weight is 619 g/mol. The molecule has 4 saturated carbocycles. The predicted molar refractivity (Wildman–Crippen MR) is 147 cm³/mol. The lowest BCUT2D eigenvalue weighted by molar-refractivity contribution is -0.268. The number of aliphatic hydroxyl groups excluding tert-OH is 3. The lowest BCUT2D eigenvalue weighted by Crippen LogP contribution is -2.74. The van der Waals surface area contributed by atoms with Gasteiger partial charge >= 0.3 is 17.9 Å². The quantitative estimate of drug-likeness (QED) is 0.188. The summed E-state index contributed by atoms with van der Waals surface area (Å²) in [5, 5.41) is 48.5. The van der Waals surface area contributed by atoms with Gasteiger partial charge in [0, 0.05) is 48.3 Å². The Morgan fingerprint density at radius 1 is 0.932 bits per heavy atom. The van der Waals surface area contributed by atoms with Gasteiger partial charge in [-0.15, -0.1) is 0 Å². The van der Waals surface area contributed by atoms with Crippen LogP contribution in [0.5, 0.6) is 0 Å². The molecular weight excluding hydrogens is 576 g/mol. The average Bonchev–Trinajstić information content (AvgIpc) is 3.62. The summed E-state index contributed by atoms with van der Waals surface area (Å²) in [7, 11) is 0. The van der Waals surface area contributed by atoms with Gasteiger partial charge in [0.25, 0.3) is 0 Å². The molecule has 0 aromatic rings. The van der Waals surface area contributed by atoms with Gasteiger partial charge in [0.2, 0.25) is 0 Å². The lowest BCUT2D eigenvalue weighted by atomic mass is 9.41. The zero-order chi connectivity index (χ0) is 32.2. The number of fused-ring (bicyclic) bond motifs is 10. The van der Waals surface area contributed by atoms with Crippen LogP contribution in [0.2, 0.25) is 0 Å². The Morgan fingerprint density at radius 3 is 2.18 bits per heavy atom. The first kappa shape index (κ1) is 30.3. The topological polar surface area (TPSA) is 189 Å². The fraction of sp³-hybridized carbons (Fsp3) is 0.812. The van der Waals surface area contributed by atoms with Crippen LogP contribution in [0.25, 0.3) is 0 Å². The van der Waals surface area contributed by atoms with Crippen LogP contribution in [0.15, 0.2) is 11.8 Å². The van der Waals surface area contributed by atoms with E-state index in [0.29, 0.717) is 0 Å². The Bertz CT molecular complexity index is 1390. The van der Waals surface area contributed by atoms with Crippen molar-refractivity contribution in [2.45, 2.75) is 103 Å². The SMILES string of the molecule is CC(=O)O[C@H]1[C@H]2[C@H]([C@@H]3[C@@H](O)[C@@H]4[C@H]([C@H](C)C=C5OC(=O)[C@@](C)(O)[C@@]54C)[C@@]3(C)[C@H]1O)[C@@H](O)C(=O)[C@H]1C[C@@H]3O[C@@H]3[C@H](OC(C)=O)[C@]21C. The number of hydrogen-bond donors (Lipinski definition) is 4. The summed E-state index contributed by atoms with van der Waals surface area (Å²) < 4.78 is 23.2. The Kier molecular flexibility index (Phi) is 6.13. The third kappa shape index (κ3) is 3.26. The largest absolute Gasteiger partial charge is 0.459 e. The molecule has 2 aliphatic heterocycles. The number of aliphatic hydroxyl groups is 4. The summed E-state index contributed by atoms with van der Waals surface area (Å²) in [5.74, 6) is -7.96. The summed E-state index contributed by atoms with van der Waals surface area (Å²) in [6.45, 7) is 10.9. The predicted octanol–water partition coefficient (Wildman–Crippen LogP) is 0.271. The maximum absolute atomic E-state index is 14.2. The maximum atomic E-state index is 14.2. The number of carbonyl (C=O) groups excluding carboxylic acids is 4. The molecule has 2 heterocycles. The number of ketones is 1. The number of rotatable bonds is 2. The minimum Gasteiger partial charge on any atom is -0.459 e. The van der Waals surface area contributed by atoms with E-state index in [0.717, 1.165) is 0 Å². The van der Waals surface area contributed by atoms with Gasteiger partial charge in [0.1, 0.15) is 30.2 Å². The third-order valence-corrected chi connectivity index (χ3v) is 13.5.